The molecule has 38 heavy (non-hydrogen) atoms. The van der Waals surface area contributed by atoms with Crippen molar-refractivity contribution < 1.29 is 14.3 Å². The quantitative estimate of drug-likeness (QED) is 0.582. The number of carbonyl (C=O) groups excluding carboxylic acids is 1. The molecular weight excluding hydrogens is 498 g/mol. The Morgan fingerprint density at radius 2 is 1.87 bits per heavy atom. The van der Waals surface area contributed by atoms with Gasteiger partial charge in [0.15, 0.2) is 0 Å². The maximum atomic E-state index is 12.3. The molecule has 4 aliphatic rings. The van der Waals surface area contributed by atoms with E-state index in [2.05, 4.69) is 39.4 Å². The van der Waals surface area contributed by atoms with Crippen LogP contribution in [0.2, 0.25) is 0 Å². The summed E-state index contributed by atoms with van der Waals surface area (Å²) < 4.78 is 11.8. The molecule has 3 saturated heterocycles. The van der Waals surface area contributed by atoms with Gasteiger partial charge in [-0.15, -0.1) is 0 Å². The fraction of sp³-hybridized carbons (Fsp3) is 0.586. The number of thioether (sulfide) groups is 1. The van der Waals surface area contributed by atoms with Crippen LogP contribution in [0.25, 0.3) is 0 Å². The van der Waals surface area contributed by atoms with E-state index >= 15 is 0 Å². The molecule has 1 amide bonds. The number of hydrogen-bond donors (Lipinski definition) is 1. The van der Waals surface area contributed by atoms with Gasteiger partial charge >= 0.3 is 6.09 Å². The van der Waals surface area contributed by atoms with Gasteiger partial charge in [-0.05, 0) is 76.4 Å². The normalized spacial score (nSPS) is 20.9. The fourth-order valence-corrected chi connectivity index (χ4v) is 6.80. The molecule has 3 fully saturated rings. The van der Waals surface area contributed by atoms with E-state index in [9.17, 15) is 4.79 Å². The highest BCUT2D eigenvalue weighted by molar-refractivity contribution is 7.99. The fourth-order valence-electron chi connectivity index (χ4n) is 5.90. The third-order valence-corrected chi connectivity index (χ3v) is 8.99. The number of rotatable bonds is 3. The standard InChI is InChI=1S/C29H39N5O3S/c1-29(2,3)37-28(35)34-17-22(18-34)32-10-7-20(8-11-32)21-4-5-26-24(16-21)31-27-23(19-36-26)25(6-9-30-27)33-12-14-38-15-13-33/h4-6,9,16,20,22H,7-8,10-15,17-19H2,1-3H3,(H,30,31). The van der Waals surface area contributed by atoms with Crippen LogP contribution in [0, 0.1) is 0 Å². The molecule has 0 radical (unpaired) electrons. The van der Waals surface area contributed by atoms with Crippen molar-refractivity contribution in [2.75, 3.05) is 61.0 Å². The number of likely N-dealkylation sites (tertiary alicyclic amines) is 2. The van der Waals surface area contributed by atoms with Gasteiger partial charge in [-0.3, -0.25) is 4.90 Å². The van der Waals surface area contributed by atoms with Gasteiger partial charge in [0.05, 0.1) is 11.3 Å². The number of anilines is 3. The Hall–Kier alpha value is -2.65. The van der Waals surface area contributed by atoms with Gasteiger partial charge in [-0.2, -0.15) is 11.8 Å². The van der Waals surface area contributed by atoms with Crippen LogP contribution in [-0.2, 0) is 11.3 Å². The second-order valence-electron chi connectivity index (χ2n) is 11.8. The maximum Gasteiger partial charge on any atom is 0.410 e. The molecule has 9 heteroatoms. The molecule has 1 aromatic carbocycles. The van der Waals surface area contributed by atoms with E-state index in [1.54, 1.807) is 0 Å². The largest absolute Gasteiger partial charge is 0.487 e. The molecular formula is C29H39N5O3S. The first kappa shape index (κ1) is 25.6. The van der Waals surface area contributed by atoms with E-state index in [4.69, 9.17) is 14.5 Å². The van der Waals surface area contributed by atoms with Crippen LogP contribution in [0.4, 0.5) is 22.0 Å². The van der Waals surface area contributed by atoms with Gasteiger partial charge in [0.2, 0.25) is 0 Å². The summed E-state index contributed by atoms with van der Waals surface area (Å²) in [4.78, 5) is 23.8. The van der Waals surface area contributed by atoms with Crippen molar-refractivity contribution in [3.8, 4) is 5.75 Å². The molecule has 0 atom stereocenters. The lowest BCUT2D eigenvalue weighted by atomic mass is 9.88. The molecule has 0 unspecified atom stereocenters. The van der Waals surface area contributed by atoms with Crippen LogP contribution in [0.15, 0.2) is 30.5 Å². The smallest absolute Gasteiger partial charge is 0.410 e. The van der Waals surface area contributed by atoms with E-state index < -0.39 is 5.60 Å². The highest BCUT2D eigenvalue weighted by Gasteiger charge is 2.38. The Morgan fingerprint density at radius 3 is 2.61 bits per heavy atom. The van der Waals surface area contributed by atoms with Crippen LogP contribution in [0.1, 0.15) is 50.7 Å². The van der Waals surface area contributed by atoms with Crippen molar-refractivity contribution in [3.05, 3.63) is 41.6 Å². The Kier molecular flexibility index (Phi) is 7.07. The number of nitrogens with one attached hydrogen (secondary N) is 1. The molecule has 0 saturated carbocycles. The summed E-state index contributed by atoms with van der Waals surface area (Å²) in [7, 11) is 0. The van der Waals surface area contributed by atoms with Gasteiger partial charge in [0, 0.05) is 55.6 Å². The molecule has 6 rings (SSSR count). The van der Waals surface area contributed by atoms with E-state index in [-0.39, 0.29) is 6.09 Å². The van der Waals surface area contributed by atoms with Crippen molar-refractivity contribution in [3.63, 3.8) is 0 Å². The van der Waals surface area contributed by atoms with Crippen molar-refractivity contribution in [1.82, 2.24) is 14.8 Å². The third kappa shape index (κ3) is 5.41. The van der Waals surface area contributed by atoms with Gasteiger partial charge < -0.3 is 24.6 Å². The summed E-state index contributed by atoms with van der Waals surface area (Å²) in [5, 5.41) is 3.61. The number of hydrogen-bond acceptors (Lipinski definition) is 8. The first-order valence-corrected chi connectivity index (χ1v) is 15.1. The van der Waals surface area contributed by atoms with Gasteiger partial charge in [0.1, 0.15) is 23.8 Å². The minimum atomic E-state index is -0.443. The van der Waals surface area contributed by atoms with Crippen molar-refractivity contribution in [2.24, 2.45) is 0 Å². The highest BCUT2D eigenvalue weighted by atomic mass is 32.2. The van der Waals surface area contributed by atoms with Crippen molar-refractivity contribution in [1.29, 1.82) is 0 Å². The lowest BCUT2D eigenvalue weighted by molar-refractivity contribution is -0.0196. The van der Waals surface area contributed by atoms with Gasteiger partial charge in [-0.25, -0.2) is 9.78 Å². The third-order valence-electron chi connectivity index (χ3n) is 8.04. The summed E-state index contributed by atoms with van der Waals surface area (Å²) in [6.45, 7) is 12.1. The molecule has 8 nitrogen and oxygen atoms in total. The molecule has 5 heterocycles. The molecule has 204 valence electrons. The number of piperidine rings is 1. The maximum absolute atomic E-state index is 12.3. The summed E-state index contributed by atoms with van der Waals surface area (Å²) >= 11 is 2.02. The molecule has 2 aromatic rings. The van der Waals surface area contributed by atoms with Crippen molar-refractivity contribution >= 4 is 35.0 Å². The van der Waals surface area contributed by atoms with E-state index in [1.807, 2.05) is 43.6 Å². The SMILES string of the molecule is CC(C)(C)OC(=O)N1CC(N2CCC(c3ccc4c(c3)Nc3nccc(N5CCSCC5)c3CO4)CC2)C1. The van der Waals surface area contributed by atoms with Crippen LogP contribution >= 0.6 is 11.8 Å². The topological polar surface area (TPSA) is 70.2 Å². The molecule has 4 aliphatic heterocycles. The Bertz CT molecular complexity index is 1170. The monoisotopic (exact) mass is 537 g/mol. The minimum absolute atomic E-state index is 0.193. The molecule has 1 aromatic heterocycles. The second kappa shape index (κ2) is 10.5. The summed E-state index contributed by atoms with van der Waals surface area (Å²) in [5.41, 5.74) is 4.31. The highest BCUT2D eigenvalue weighted by Crippen LogP contribution is 2.40. The summed E-state index contributed by atoms with van der Waals surface area (Å²) in [6, 6.07) is 9.20. The van der Waals surface area contributed by atoms with Crippen LogP contribution in [-0.4, -0.2) is 83.3 Å². The van der Waals surface area contributed by atoms with Crippen molar-refractivity contribution in [2.45, 2.75) is 57.8 Å². The van der Waals surface area contributed by atoms with Crippen LogP contribution < -0.4 is 15.0 Å². The average molecular weight is 538 g/mol. The van der Waals surface area contributed by atoms with E-state index in [1.165, 1.54) is 11.3 Å². The van der Waals surface area contributed by atoms with Crippen LogP contribution in [0.3, 0.4) is 0 Å². The number of pyridine rings is 1. The number of aromatic nitrogens is 1. The number of ether oxygens (including phenoxy) is 2. The Labute approximate surface area is 230 Å². The molecule has 0 aliphatic carbocycles. The Balaban J connectivity index is 1.08. The number of benzene rings is 1. The first-order valence-electron chi connectivity index (χ1n) is 13.9. The lowest BCUT2D eigenvalue weighted by Gasteiger charge is -2.47. The average Bonchev–Trinajstić information content (AvgIpc) is 3.06. The van der Waals surface area contributed by atoms with E-state index in [0.717, 1.165) is 86.4 Å². The molecule has 0 bridgehead atoms. The number of fused-ring (bicyclic) bond motifs is 2. The lowest BCUT2D eigenvalue weighted by Crippen LogP contribution is -2.62. The van der Waals surface area contributed by atoms with Crippen LogP contribution in [0.5, 0.6) is 5.75 Å². The first-order chi connectivity index (χ1) is 18.3. The molecule has 0 spiro atoms. The second-order valence-corrected chi connectivity index (χ2v) is 13.0. The number of carbonyl (C=O) groups is 1. The van der Waals surface area contributed by atoms with E-state index in [0.29, 0.717) is 18.6 Å². The predicted octanol–water partition coefficient (Wildman–Crippen LogP) is 5.07. The minimum Gasteiger partial charge on any atom is -0.487 e. The van der Waals surface area contributed by atoms with Gasteiger partial charge in [-0.1, -0.05) is 6.07 Å². The van der Waals surface area contributed by atoms with Gasteiger partial charge in [0.25, 0.3) is 0 Å². The zero-order valence-corrected chi connectivity index (χ0v) is 23.6. The molecule has 1 N–H and O–H groups in total. The Morgan fingerprint density at radius 1 is 1.11 bits per heavy atom. The number of nitrogens with zero attached hydrogens (tertiary/aromatic N) is 4. The summed E-state index contributed by atoms with van der Waals surface area (Å²) in [5.74, 6) is 4.65. The summed E-state index contributed by atoms with van der Waals surface area (Å²) in [6.07, 6.45) is 3.96. The zero-order valence-electron chi connectivity index (χ0n) is 22.7. The number of amides is 1. The zero-order chi connectivity index (χ0) is 26.3. The predicted molar refractivity (Wildman–Crippen MR) is 153 cm³/mol.